The van der Waals surface area contributed by atoms with Crippen LogP contribution in [0.2, 0.25) is 0 Å². The SMILES string of the molecule is CCOc1ccc([C@@H]2C=C(C(=O)[O-])NC(=O)N2)cc1. The number of nitrogens with one attached hydrogen (secondary N) is 2. The maximum Gasteiger partial charge on any atom is 0.320 e. The van der Waals surface area contributed by atoms with Crippen molar-refractivity contribution in [3.8, 4) is 5.75 Å². The zero-order valence-electron chi connectivity index (χ0n) is 10.3. The maximum absolute atomic E-state index is 11.4. The lowest BCUT2D eigenvalue weighted by molar-refractivity contribution is -0.299. The highest BCUT2D eigenvalue weighted by molar-refractivity contribution is 5.92. The van der Waals surface area contributed by atoms with E-state index >= 15 is 0 Å². The molecule has 0 aromatic heterocycles. The predicted octanol–water partition coefficient (Wildman–Crippen LogP) is 0.0730. The Balaban J connectivity index is 2.22. The smallest absolute Gasteiger partial charge is 0.320 e. The molecule has 2 amide bonds. The van der Waals surface area contributed by atoms with Crippen molar-refractivity contribution in [3.63, 3.8) is 0 Å². The molecule has 6 heteroatoms. The molecular weight excluding hydrogens is 248 g/mol. The highest BCUT2D eigenvalue weighted by Gasteiger charge is 2.19. The van der Waals surface area contributed by atoms with E-state index in [0.717, 1.165) is 11.3 Å². The van der Waals surface area contributed by atoms with Gasteiger partial charge in [0, 0.05) is 0 Å². The molecule has 1 aliphatic rings. The van der Waals surface area contributed by atoms with Crippen LogP contribution < -0.4 is 20.5 Å². The second-order valence-electron chi connectivity index (χ2n) is 3.95. The summed E-state index contributed by atoms with van der Waals surface area (Å²) in [7, 11) is 0. The monoisotopic (exact) mass is 261 g/mol. The zero-order chi connectivity index (χ0) is 13.8. The molecule has 0 spiro atoms. The van der Waals surface area contributed by atoms with Gasteiger partial charge in [0.05, 0.1) is 24.3 Å². The van der Waals surface area contributed by atoms with Gasteiger partial charge in [-0.15, -0.1) is 0 Å². The fourth-order valence-electron chi connectivity index (χ4n) is 1.79. The van der Waals surface area contributed by atoms with E-state index in [1.807, 2.05) is 6.92 Å². The number of carbonyl (C=O) groups excluding carboxylic acids is 2. The van der Waals surface area contributed by atoms with E-state index in [4.69, 9.17) is 4.74 Å². The van der Waals surface area contributed by atoms with Crippen molar-refractivity contribution in [1.29, 1.82) is 0 Å². The summed E-state index contributed by atoms with van der Waals surface area (Å²) in [5, 5.41) is 15.6. The molecule has 1 atom stereocenters. The van der Waals surface area contributed by atoms with Gasteiger partial charge in [0.15, 0.2) is 0 Å². The van der Waals surface area contributed by atoms with Gasteiger partial charge >= 0.3 is 6.03 Å². The lowest BCUT2D eigenvalue weighted by Gasteiger charge is -2.24. The van der Waals surface area contributed by atoms with Gasteiger partial charge in [-0.25, -0.2) is 4.79 Å². The van der Waals surface area contributed by atoms with Crippen LogP contribution in [0, 0.1) is 0 Å². The van der Waals surface area contributed by atoms with Crippen molar-refractivity contribution in [2.24, 2.45) is 0 Å². The quantitative estimate of drug-likeness (QED) is 0.802. The lowest BCUT2D eigenvalue weighted by atomic mass is 10.0. The van der Waals surface area contributed by atoms with Gasteiger partial charge in [0.25, 0.3) is 0 Å². The van der Waals surface area contributed by atoms with Crippen LogP contribution in [0.25, 0.3) is 0 Å². The topological polar surface area (TPSA) is 90.5 Å². The third kappa shape index (κ3) is 3.04. The van der Waals surface area contributed by atoms with Crippen LogP contribution in [0.3, 0.4) is 0 Å². The summed E-state index contributed by atoms with van der Waals surface area (Å²) in [5.74, 6) is -0.693. The van der Waals surface area contributed by atoms with E-state index in [2.05, 4.69) is 10.6 Å². The molecule has 6 nitrogen and oxygen atoms in total. The zero-order valence-corrected chi connectivity index (χ0v) is 10.3. The number of rotatable bonds is 4. The standard InChI is InChI=1S/C13H14N2O4/c1-2-19-9-5-3-8(4-6-9)10-7-11(12(16)17)15-13(18)14-10/h3-7,10H,2H2,1H3,(H,16,17)(H2,14,15,18)/p-1/t10-/m0/s1. The van der Waals surface area contributed by atoms with E-state index in [1.165, 1.54) is 6.08 Å². The van der Waals surface area contributed by atoms with E-state index in [0.29, 0.717) is 6.61 Å². The Morgan fingerprint density at radius 2 is 2.05 bits per heavy atom. The van der Waals surface area contributed by atoms with Gasteiger partial charge in [-0.1, -0.05) is 12.1 Å². The number of amides is 2. The van der Waals surface area contributed by atoms with E-state index in [9.17, 15) is 14.7 Å². The van der Waals surface area contributed by atoms with Crippen molar-refractivity contribution in [3.05, 3.63) is 41.6 Å². The summed E-state index contributed by atoms with van der Waals surface area (Å²) in [6, 6.07) is 5.99. The fraction of sp³-hybridized carbons (Fsp3) is 0.231. The Labute approximate surface area is 110 Å². The van der Waals surface area contributed by atoms with Crippen molar-refractivity contribution < 1.29 is 19.4 Å². The maximum atomic E-state index is 11.4. The van der Waals surface area contributed by atoms with Crippen molar-refractivity contribution in [2.75, 3.05) is 6.61 Å². The van der Waals surface area contributed by atoms with Crippen LogP contribution in [-0.2, 0) is 4.79 Å². The number of ether oxygens (including phenoxy) is 1. The molecule has 0 unspecified atom stereocenters. The van der Waals surface area contributed by atoms with Crippen LogP contribution in [-0.4, -0.2) is 18.6 Å². The minimum atomic E-state index is -1.41. The van der Waals surface area contributed by atoms with Crippen molar-refractivity contribution in [1.82, 2.24) is 10.6 Å². The Bertz CT molecular complexity index is 522. The van der Waals surface area contributed by atoms with Crippen LogP contribution in [0.5, 0.6) is 5.75 Å². The summed E-state index contributed by atoms with van der Waals surface area (Å²) in [5.41, 5.74) is 0.527. The van der Waals surface area contributed by atoms with Gasteiger partial charge in [0.1, 0.15) is 5.75 Å². The molecule has 1 aliphatic heterocycles. The van der Waals surface area contributed by atoms with Gasteiger partial charge in [-0.3, -0.25) is 0 Å². The summed E-state index contributed by atoms with van der Waals surface area (Å²) in [6.07, 6.45) is 1.40. The predicted molar refractivity (Wildman–Crippen MR) is 65.1 cm³/mol. The largest absolute Gasteiger partial charge is 0.543 e. The van der Waals surface area contributed by atoms with Crippen molar-refractivity contribution in [2.45, 2.75) is 13.0 Å². The molecule has 0 saturated carbocycles. The number of carboxylic acids is 1. The first-order valence-corrected chi connectivity index (χ1v) is 5.83. The molecule has 0 radical (unpaired) electrons. The van der Waals surface area contributed by atoms with Crippen LogP contribution in [0.4, 0.5) is 4.79 Å². The average molecular weight is 261 g/mol. The Hall–Kier alpha value is -2.50. The van der Waals surface area contributed by atoms with Crippen LogP contribution in [0.15, 0.2) is 36.0 Å². The summed E-state index contributed by atoms with van der Waals surface area (Å²) in [6.45, 7) is 2.45. The first-order chi connectivity index (χ1) is 9.10. The summed E-state index contributed by atoms with van der Waals surface area (Å²) >= 11 is 0. The molecule has 1 aromatic carbocycles. The molecule has 0 aliphatic carbocycles. The highest BCUT2D eigenvalue weighted by Crippen LogP contribution is 2.21. The Morgan fingerprint density at radius 1 is 1.37 bits per heavy atom. The van der Waals surface area contributed by atoms with Crippen molar-refractivity contribution >= 4 is 12.0 Å². The number of hydrogen-bond acceptors (Lipinski definition) is 4. The van der Waals surface area contributed by atoms with Gasteiger partial charge in [-0.05, 0) is 30.7 Å². The third-order valence-electron chi connectivity index (χ3n) is 2.64. The highest BCUT2D eigenvalue weighted by atomic mass is 16.5. The van der Waals surface area contributed by atoms with E-state index in [1.54, 1.807) is 24.3 Å². The number of carboxylic acid groups (broad SMARTS) is 1. The second-order valence-corrected chi connectivity index (χ2v) is 3.95. The molecular formula is C13H13N2O4-. The average Bonchev–Trinajstić information content (AvgIpc) is 2.39. The first-order valence-electron chi connectivity index (χ1n) is 5.83. The molecule has 0 fully saturated rings. The minimum absolute atomic E-state index is 0.234. The molecule has 1 heterocycles. The summed E-state index contributed by atoms with van der Waals surface area (Å²) < 4.78 is 5.31. The Kier molecular flexibility index (Phi) is 3.70. The first kappa shape index (κ1) is 12.9. The molecule has 0 saturated heterocycles. The number of hydrogen-bond donors (Lipinski definition) is 2. The Morgan fingerprint density at radius 3 is 2.63 bits per heavy atom. The molecule has 2 rings (SSSR count). The number of benzene rings is 1. The fourth-order valence-corrected chi connectivity index (χ4v) is 1.79. The van der Waals surface area contributed by atoms with Gasteiger partial charge in [0.2, 0.25) is 0 Å². The third-order valence-corrected chi connectivity index (χ3v) is 2.64. The second kappa shape index (κ2) is 5.43. The molecule has 19 heavy (non-hydrogen) atoms. The lowest BCUT2D eigenvalue weighted by Crippen LogP contribution is -2.46. The van der Waals surface area contributed by atoms with Crippen LogP contribution >= 0.6 is 0 Å². The van der Waals surface area contributed by atoms with Crippen LogP contribution in [0.1, 0.15) is 18.5 Å². The van der Waals surface area contributed by atoms with Gasteiger partial charge in [-0.2, -0.15) is 0 Å². The van der Waals surface area contributed by atoms with E-state index in [-0.39, 0.29) is 5.70 Å². The number of carbonyl (C=O) groups is 2. The molecule has 100 valence electrons. The molecule has 2 N–H and O–H groups in total. The number of aliphatic carboxylic acids is 1. The molecule has 1 aromatic rings. The minimum Gasteiger partial charge on any atom is -0.543 e. The number of urea groups is 1. The van der Waals surface area contributed by atoms with E-state index < -0.39 is 18.0 Å². The normalized spacial score (nSPS) is 18.1. The van der Waals surface area contributed by atoms with Gasteiger partial charge < -0.3 is 25.3 Å². The summed E-state index contributed by atoms with van der Waals surface area (Å²) in [4.78, 5) is 22.1. The molecule has 0 bridgehead atoms.